The molecule has 0 aromatic heterocycles. The smallest absolute Gasteiger partial charge is 0.117 e. The molecule has 0 N–H and O–H groups in total. The first-order valence-electron chi connectivity index (χ1n) is 8.72. The van der Waals surface area contributed by atoms with Crippen molar-refractivity contribution < 1.29 is 9.48 Å². The van der Waals surface area contributed by atoms with E-state index < -0.39 is 0 Å². The van der Waals surface area contributed by atoms with Crippen molar-refractivity contribution in [3.8, 4) is 0 Å². The van der Waals surface area contributed by atoms with E-state index in [-0.39, 0.29) is 8.41 Å². The van der Waals surface area contributed by atoms with E-state index in [9.17, 15) is 0 Å². The zero-order chi connectivity index (χ0) is 14.6. The van der Waals surface area contributed by atoms with Crippen LogP contribution < -0.4 is 0 Å². The van der Waals surface area contributed by atoms with Gasteiger partial charge in [0.2, 0.25) is 0 Å². The van der Waals surface area contributed by atoms with Crippen molar-refractivity contribution in [1.82, 2.24) is 0 Å². The molecule has 0 radical (unpaired) electrons. The van der Waals surface area contributed by atoms with Crippen LogP contribution in [0.2, 0.25) is 0 Å². The van der Waals surface area contributed by atoms with Crippen LogP contribution in [0.5, 0.6) is 0 Å². The van der Waals surface area contributed by atoms with E-state index in [1.54, 1.807) is 0 Å². The van der Waals surface area contributed by atoms with Crippen LogP contribution in [0.25, 0.3) is 0 Å². The SMILES string of the molecule is CCCCC(CCC)O[N+](CCC)(CCC)CCC.[BH4-]. The molecule has 0 amide bonds. The van der Waals surface area contributed by atoms with Crippen LogP contribution >= 0.6 is 0 Å². The van der Waals surface area contributed by atoms with Crippen LogP contribution in [0.15, 0.2) is 0 Å². The summed E-state index contributed by atoms with van der Waals surface area (Å²) >= 11 is 0. The van der Waals surface area contributed by atoms with E-state index in [1.165, 1.54) is 71.0 Å². The van der Waals surface area contributed by atoms with E-state index in [0.717, 1.165) is 4.65 Å². The number of nitrogens with zero attached hydrogens (tertiary/aromatic N) is 1. The van der Waals surface area contributed by atoms with Gasteiger partial charge in [-0.3, -0.25) is 0 Å². The fourth-order valence-electron chi connectivity index (χ4n) is 3.04. The van der Waals surface area contributed by atoms with Gasteiger partial charge >= 0.3 is 0 Å². The maximum Gasteiger partial charge on any atom is 0.117 e. The van der Waals surface area contributed by atoms with Crippen LogP contribution in [-0.2, 0) is 4.84 Å². The maximum absolute atomic E-state index is 6.64. The summed E-state index contributed by atoms with van der Waals surface area (Å²) in [4.78, 5) is 6.64. The average molecular weight is 287 g/mol. The number of rotatable bonds is 13. The Hall–Kier alpha value is -0.0151. The lowest BCUT2D eigenvalue weighted by Gasteiger charge is -2.38. The minimum absolute atomic E-state index is 0. The van der Waals surface area contributed by atoms with Crippen LogP contribution in [0, 0.1) is 0 Å². The molecule has 0 spiro atoms. The fourth-order valence-corrected chi connectivity index (χ4v) is 3.04. The lowest BCUT2D eigenvalue weighted by atomic mass is 10.1. The highest BCUT2D eigenvalue weighted by molar-refractivity contribution is 5.75. The summed E-state index contributed by atoms with van der Waals surface area (Å²) in [6.45, 7) is 14.9. The molecular formula is C17H42BNO. The Bertz CT molecular complexity index is 182. The van der Waals surface area contributed by atoms with Crippen LogP contribution in [0.1, 0.15) is 86.0 Å². The fraction of sp³-hybridized carbons (Fsp3) is 1.00. The Morgan fingerprint density at radius 1 is 0.700 bits per heavy atom. The summed E-state index contributed by atoms with van der Waals surface area (Å²) in [5.74, 6) is 0. The molecule has 0 bridgehead atoms. The quantitative estimate of drug-likeness (QED) is 0.284. The van der Waals surface area contributed by atoms with Crippen molar-refractivity contribution in [3.63, 3.8) is 0 Å². The Kier molecular flexibility index (Phi) is 15.5. The van der Waals surface area contributed by atoms with E-state index in [1.807, 2.05) is 0 Å². The van der Waals surface area contributed by atoms with Gasteiger partial charge in [0, 0.05) is 0 Å². The molecule has 2 nitrogen and oxygen atoms in total. The van der Waals surface area contributed by atoms with Gasteiger partial charge < -0.3 is 0 Å². The molecule has 20 heavy (non-hydrogen) atoms. The van der Waals surface area contributed by atoms with Crippen LogP contribution in [0.3, 0.4) is 0 Å². The van der Waals surface area contributed by atoms with Crippen LogP contribution in [0.4, 0.5) is 0 Å². The third-order valence-electron chi connectivity index (χ3n) is 3.76. The van der Waals surface area contributed by atoms with Crippen molar-refractivity contribution in [2.24, 2.45) is 0 Å². The molecule has 0 saturated carbocycles. The van der Waals surface area contributed by atoms with E-state index in [4.69, 9.17) is 4.84 Å². The molecule has 0 aliphatic carbocycles. The summed E-state index contributed by atoms with van der Waals surface area (Å²) < 4.78 is 0.901. The molecule has 0 heterocycles. The van der Waals surface area contributed by atoms with E-state index >= 15 is 0 Å². The van der Waals surface area contributed by atoms with Crippen molar-refractivity contribution in [3.05, 3.63) is 0 Å². The zero-order valence-corrected chi connectivity index (χ0v) is 14.2. The van der Waals surface area contributed by atoms with Gasteiger partial charge in [-0.2, -0.15) is 9.48 Å². The lowest BCUT2D eigenvalue weighted by molar-refractivity contribution is -1.11. The molecular weight excluding hydrogens is 245 g/mol. The molecule has 1 atom stereocenters. The normalized spacial score (nSPS) is 13.1. The Balaban J connectivity index is 0. The van der Waals surface area contributed by atoms with Crippen molar-refractivity contribution in [1.29, 1.82) is 0 Å². The van der Waals surface area contributed by atoms with Gasteiger partial charge in [0.15, 0.2) is 0 Å². The molecule has 3 heteroatoms. The van der Waals surface area contributed by atoms with Gasteiger partial charge in [0.05, 0.1) is 0 Å². The second-order valence-corrected chi connectivity index (χ2v) is 5.89. The maximum atomic E-state index is 6.64. The molecule has 0 aliphatic rings. The molecule has 0 aliphatic heterocycles. The molecule has 124 valence electrons. The Morgan fingerprint density at radius 3 is 1.55 bits per heavy atom. The second-order valence-electron chi connectivity index (χ2n) is 5.89. The third kappa shape index (κ3) is 9.02. The number of quaternary nitrogens is 1. The number of unbranched alkanes of at least 4 members (excludes halogenated alkanes) is 1. The number of hydrogen-bond acceptors (Lipinski definition) is 1. The highest BCUT2D eigenvalue weighted by Crippen LogP contribution is 2.21. The predicted molar refractivity (Wildman–Crippen MR) is 96.4 cm³/mol. The molecule has 0 aromatic rings. The first-order chi connectivity index (χ1) is 9.17. The van der Waals surface area contributed by atoms with Gasteiger partial charge in [0.25, 0.3) is 0 Å². The van der Waals surface area contributed by atoms with Gasteiger partial charge in [-0.1, -0.05) is 62.3 Å². The van der Waals surface area contributed by atoms with Gasteiger partial charge in [0.1, 0.15) is 25.7 Å². The molecule has 0 rings (SSSR count). The average Bonchev–Trinajstić information content (AvgIpc) is 2.37. The predicted octanol–water partition coefficient (Wildman–Crippen LogP) is 3.87. The van der Waals surface area contributed by atoms with Crippen molar-refractivity contribution in [2.75, 3.05) is 19.6 Å². The highest BCUT2D eigenvalue weighted by Gasteiger charge is 2.30. The molecule has 0 aromatic carbocycles. The Labute approximate surface area is 130 Å². The second kappa shape index (κ2) is 13.9. The summed E-state index contributed by atoms with van der Waals surface area (Å²) in [6, 6.07) is 0. The highest BCUT2D eigenvalue weighted by atomic mass is 16.7. The summed E-state index contributed by atoms with van der Waals surface area (Å²) in [5, 5.41) is 0. The topological polar surface area (TPSA) is 9.23 Å². The lowest BCUT2D eigenvalue weighted by Crippen LogP contribution is -2.51. The molecule has 1 unspecified atom stereocenters. The monoisotopic (exact) mass is 287 g/mol. The van der Waals surface area contributed by atoms with Crippen LogP contribution in [-0.4, -0.2) is 38.8 Å². The third-order valence-corrected chi connectivity index (χ3v) is 3.76. The van der Waals surface area contributed by atoms with Crippen molar-refractivity contribution >= 4 is 8.41 Å². The summed E-state index contributed by atoms with van der Waals surface area (Å²) in [6.07, 6.45) is 10.4. The summed E-state index contributed by atoms with van der Waals surface area (Å²) in [5.41, 5.74) is 0. The minimum atomic E-state index is 0. The number of hydrogen-bond donors (Lipinski definition) is 0. The standard InChI is InChI=1S/C17H38NO.BH4/c1-6-11-13-17(12-7-2)19-18(14-8-3,15-9-4)16-10-5;/h17H,6-16H2,1-5H3;1H4/q+1;-1. The van der Waals surface area contributed by atoms with Gasteiger partial charge in [-0.15, -0.1) is 0 Å². The van der Waals surface area contributed by atoms with E-state index in [2.05, 4.69) is 34.6 Å². The number of hydroxylamine groups is 3. The minimum Gasteiger partial charge on any atom is -0.200 e. The summed E-state index contributed by atoms with van der Waals surface area (Å²) in [7, 11) is 0. The van der Waals surface area contributed by atoms with E-state index in [0.29, 0.717) is 6.10 Å². The zero-order valence-electron chi connectivity index (χ0n) is 14.2. The first kappa shape index (κ1) is 22.3. The largest absolute Gasteiger partial charge is 0.200 e. The first-order valence-corrected chi connectivity index (χ1v) is 8.72. The van der Waals surface area contributed by atoms with Gasteiger partial charge in [-0.05, 0) is 32.1 Å². The Morgan fingerprint density at radius 2 is 1.20 bits per heavy atom. The molecule has 0 saturated heterocycles. The van der Waals surface area contributed by atoms with Crippen molar-refractivity contribution in [2.45, 2.75) is 92.1 Å². The van der Waals surface area contributed by atoms with Gasteiger partial charge in [-0.25, -0.2) is 0 Å². The molecule has 0 fully saturated rings.